The summed E-state index contributed by atoms with van der Waals surface area (Å²) in [7, 11) is 0. The second-order valence-corrected chi connectivity index (χ2v) is 3.59. The molecule has 0 radical (unpaired) electrons. The van der Waals surface area contributed by atoms with Crippen LogP contribution in [0.5, 0.6) is 0 Å². The van der Waals surface area contributed by atoms with Crippen LogP contribution in [0.4, 0.5) is 4.39 Å². The fraction of sp³-hybridized carbons (Fsp3) is 1.00. The molecule has 0 unspecified atom stereocenters. The molecule has 70 valence electrons. The summed E-state index contributed by atoms with van der Waals surface area (Å²) in [6.45, 7) is 0. The Morgan fingerprint density at radius 3 is 2.75 bits per heavy atom. The number of fused-ring (bicyclic) bond motifs is 2. The Kier molecular flexibility index (Phi) is 1.66. The third kappa shape index (κ3) is 0.908. The molecule has 2 fully saturated rings. The molecule has 2 aliphatic rings. The molecule has 2 bridgehead atoms. The van der Waals surface area contributed by atoms with Crippen molar-refractivity contribution in [2.24, 2.45) is 0 Å². The van der Waals surface area contributed by atoms with Crippen molar-refractivity contribution in [2.75, 3.05) is 0 Å². The third-order valence-electron chi connectivity index (χ3n) is 2.80. The number of aliphatic hydroxyl groups is 3. The van der Waals surface area contributed by atoms with Crippen molar-refractivity contribution in [1.82, 2.24) is 5.32 Å². The van der Waals surface area contributed by atoms with Gasteiger partial charge in [0.15, 0.2) is 6.17 Å². The summed E-state index contributed by atoms with van der Waals surface area (Å²) in [5.74, 6) is 0. The minimum absolute atomic E-state index is 0.288. The Morgan fingerprint density at radius 2 is 2.08 bits per heavy atom. The maximum absolute atomic E-state index is 13.1. The first kappa shape index (κ1) is 8.37. The molecular formula is C7H12FNO3. The molecule has 0 aromatic carbocycles. The summed E-state index contributed by atoms with van der Waals surface area (Å²) in [5.41, 5.74) is -1.52. The first-order chi connectivity index (χ1) is 5.54. The zero-order chi connectivity index (χ0) is 8.93. The van der Waals surface area contributed by atoms with Gasteiger partial charge in [0.1, 0.15) is 17.9 Å². The highest BCUT2D eigenvalue weighted by Crippen LogP contribution is 2.35. The van der Waals surface area contributed by atoms with Crippen LogP contribution in [0, 0.1) is 0 Å². The number of nitrogens with one attached hydrogen (secondary N) is 1. The highest BCUT2D eigenvalue weighted by molar-refractivity contribution is 5.07. The fourth-order valence-corrected chi connectivity index (χ4v) is 2.00. The monoisotopic (exact) mass is 177 g/mol. The van der Waals surface area contributed by atoms with E-state index >= 15 is 0 Å². The number of halogens is 1. The van der Waals surface area contributed by atoms with Crippen molar-refractivity contribution in [2.45, 2.75) is 43.0 Å². The van der Waals surface area contributed by atoms with Crippen LogP contribution in [0.3, 0.4) is 0 Å². The molecule has 0 aliphatic carbocycles. The molecule has 4 N–H and O–H groups in total. The van der Waals surface area contributed by atoms with E-state index in [4.69, 9.17) is 0 Å². The lowest BCUT2D eigenvalue weighted by Crippen LogP contribution is -2.66. The summed E-state index contributed by atoms with van der Waals surface area (Å²) >= 11 is 0. The summed E-state index contributed by atoms with van der Waals surface area (Å²) < 4.78 is 13.1. The second-order valence-electron chi connectivity index (χ2n) is 3.59. The molecule has 5 heteroatoms. The molecule has 0 spiro atoms. The highest BCUT2D eigenvalue weighted by Gasteiger charge is 2.55. The zero-order valence-electron chi connectivity index (χ0n) is 6.44. The molecule has 2 saturated heterocycles. The van der Waals surface area contributed by atoms with Crippen molar-refractivity contribution in [3.8, 4) is 0 Å². The Labute approximate surface area is 69.0 Å². The van der Waals surface area contributed by atoms with Crippen LogP contribution in [0.15, 0.2) is 0 Å². The van der Waals surface area contributed by atoms with E-state index in [1.54, 1.807) is 0 Å². The maximum Gasteiger partial charge on any atom is 0.157 e. The van der Waals surface area contributed by atoms with E-state index in [-0.39, 0.29) is 6.42 Å². The minimum Gasteiger partial charge on any atom is -0.388 e. The molecular weight excluding hydrogens is 165 g/mol. The highest BCUT2D eigenvalue weighted by atomic mass is 19.1. The molecule has 0 saturated carbocycles. The largest absolute Gasteiger partial charge is 0.388 e. The number of rotatable bonds is 0. The molecule has 5 atom stereocenters. The van der Waals surface area contributed by atoms with E-state index in [2.05, 4.69) is 5.32 Å². The van der Waals surface area contributed by atoms with Crippen molar-refractivity contribution >= 4 is 0 Å². The zero-order valence-corrected chi connectivity index (χ0v) is 6.44. The van der Waals surface area contributed by atoms with Gasteiger partial charge in [-0.25, -0.2) is 4.39 Å². The van der Waals surface area contributed by atoms with Crippen LogP contribution >= 0.6 is 0 Å². The molecule has 2 heterocycles. The van der Waals surface area contributed by atoms with Gasteiger partial charge >= 0.3 is 0 Å². The topological polar surface area (TPSA) is 72.7 Å². The molecule has 0 aromatic rings. The van der Waals surface area contributed by atoms with E-state index in [1.165, 1.54) is 0 Å². The van der Waals surface area contributed by atoms with Gasteiger partial charge in [-0.05, 0) is 12.8 Å². The van der Waals surface area contributed by atoms with Gasteiger partial charge in [-0.15, -0.1) is 0 Å². The minimum atomic E-state index is -1.75. The average molecular weight is 177 g/mol. The van der Waals surface area contributed by atoms with Crippen LogP contribution in [0.2, 0.25) is 0 Å². The van der Waals surface area contributed by atoms with Crippen molar-refractivity contribution in [3.05, 3.63) is 0 Å². The maximum atomic E-state index is 13.1. The van der Waals surface area contributed by atoms with Gasteiger partial charge in [0, 0.05) is 6.04 Å². The molecule has 2 aliphatic heterocycles. The number of hydrogen-bond donors (Lipinski definition) is 4. The number of alkyl halides is 1. The van der Waals surface area contributed by atoms with Crippen molar-refractivity contribution < 1.29 is 19.7 Å². The third-order valence-corrected chi connectivity index (χ3v) is 2.80. The summed E-state index contributed by atoms with van der Waals surface area (Å²) in [4.78, 5) is 0. The number of aliphatic hydroxyl groups excluding tert-OH is 2. The lowest BCUT2D eigenvalue weighted by atomic mass is 9.95. The smallest absolute Gasteiger partial charge is 0.157 e. The molecule has 0 aromatic heterocycles. The van der Waals surface area contributed by atoms with Gasteiger partial charge in [0.2, 0.25) is 0 Å². The standard InChI is InChI=1S/C7H12FNO3/c8-4-5(10)3-1-2-7(12,9-3)6(4)11/h3-6,9-12H,1-2H2/t3-,4-,5+,6+,7-/m1/s1. The summed E-state index contributed by atoms with van der Waals surface area (Å²) in [6, 6.07) is -0.423. The Balaban J connectivity index is 2.25. The van der Waals surface area contributed by atoms with Crippen molar-refractivity contribution in [3.63, 3.8) is 0 Å². The van der Waals surface area contributed by atoms with Gasteiger partial charge in [-0.3, -0.25) is 5.32 Å². The molecule has 2 rings (SSSR count). The van der Waals surface area contributed by atoms with Crippen LogP contribution in [-0.2, 0) is 0 Å². The Bertz CT molecular complexity index is 203. The van der Waals surface area contributed by atoms with Crippen LogP contribution < -0.4 is 5.32 Å². The Morgan fingerprint density at radius 1 is 1.42 bits per heavy atom. The van der Waals surface area contributed by atoms with Gasteiger partial charge < -0.3 is 15.3 Å². The van der Waals surface area contributed by atoms with Crippen LogP contribution in [0.25, 0.3) is 0 Å². The van der Waals surface area contributed by atoms with Crippen LogP contribution in [0.1, 0.15) is 12.8 Å². The predicted octanol–water partition coefficient (Wildman–Crippen LogP) is -1.50. The lowest BCUT2D eigenvalue weighted by Gasteiger charge is -2.39. The molecule has 12 heavy (non-hydrogen) atoms. The van der Waals surface area contributed by atoms with Gasteiger partial charge in [0.05, 0.1) is 0 Å². The number of piperidine rings is 1. The predicted molar refractivity (Wildman–Crippen MR) is 38.0 cm³/mol. The average Bonchev–Trinajstić information content (AvgIpc) is 2.41. The molecule has 4 nitrogen and oxygen atoms in total. The quantitative estimate of drug-likeness (QED) is 0.363. The van der Waals surface area contributed by atoms with Gasteiger partial charge in [0.25, 0.3) is 0 Å². The van der Waals surface area contributed by atoms with Gasteiger partial charge in [-0.2, -0.15) is 0 Å². The summed E-state index contributed by atoms with van der Waals surface area (Å²) in [6.07, 6.45) is -3.69. The van der Waals surface area contributed by atoms with E-state index in [0.717, 1.165) is 0 Å². The van der Waals surface area contributed by atoms with Gasteiger partial charge in [-0.1, -0.05) is 0 Å². The normalized spacial score (nSPS) is 59.0. The first-order valence-electron chi connectivity index (χ1n) is 4.05. The SMILES string of the molecule is O[C@@H]1[C@@H](F)[C@H](O)[C@]2(O)CC[C@H]1N2. The van der Waals surface area contributed by atoms with E-state index in [9.17, 15) is 19.7 Å². The van der Waals surface area contributed by atoms with Crippen molar-refractivity contribution in [1.29, 1.82) is 0 Å². The second kappa shape index (κ2) is 2.38. The molecule has 0 amide bonds. The first-order valence-corrected chi connectivity index (χ1v) is 4.05. The number of hydrogen-bond acceptors (Lipinski definition) is 4. The van der Waals surface area contributed by atoms with E-state index < -0.39 is 30.1 Å². The Hall–Kier alpha value is -0.230. The van der Waals surface area contributed by atoms with E-state index in [1.807, 2.05) is 0 Å². The fourth-order valence-electron chi connectivity index (χ4n) is 2.00. The summed E-state index contributed by atoms with van der Waals surface area (Å²) in [5, 5.41) is 30.7. The van der Waals surface area contributed by atoms with Crippen LogP contribution in [-0.4, -0.2) is 45.5 Å². The van der Waals surface area contributed by atoms with E-state index in [0.29, 0.717) is 6.42 Å². The lowest BCUT2D eigenvalue weighted by molar-refractivity contribution is -0.165.